The van der Waals surface area contributed by atoms with Gasteiger partial charge in [0.15, 0.2) is 0 Å². The number of hydrogen-bond acceptors (Lipinski definition) is 4. The molecule has 1 aliphatic heterocycles. The van der Waals surface area contributed by atoms with E-state index in [0.717, 1.165) is 11.4 Å². The maximum Gasteiger partial charge on any atom is 0.227 e. The van der Waals surface area contributed by atoms with Crippen molar-refractivity contribution in [2.45, 2.75) is 6.42 Å². The second kappa shape index (κ2) is 6.62. The molecule has 0 saturated carbocycles. The number of para-hydroxylation sites is 1. The van der Waals surface area contributed by atoms with Gasteiger partial charge in [-0.2, -0.15) is 0 Å². The van der Waals surface area contributed by atoms with Crippen LogP contribution < -0.4 is 14.8 Å². The summed E-state index contributed by atoms with van der Waals surface area (Å²) in [6.07, 6.45) is 0.193. The molecule has 0 spiro atoms. The van der Waals surface area contributed by atoms with E-state index in [2.05, 4.69) is 0 Å². The van der Waals surface area contributed by atoms with Crippen molar-refractivity contribution in [3.63, 3.8) is 0 Å². The number of carbonyl (C=O) groups excluding carboxylic acids is 1. The number of amides is 1. The quantitative estimate of drug-likeness (QED) is 0.898. The Kier molecular flexibility index (Phi) is 4.55. The second-order valence-electron chi connectivity index (χ2n) is 5.81. The predicted molar refractivity (Wildman–Crippen MR) is 91.4 cm³/mol. The van der Waals surface area contributed by atoms with E-state index >= 15 is 0 Å². The SMILES string of the molecule is NS(=O)(=O)CC1CC(=O)N(c2ccc(Oc3ccccc3)cc2)C1. The number of primary sulfonamides is 1. The fourth-order valence-electron chi connectivity index (χ4n) is 2.79. The molecule has 0 radical (unpaired) electrons. The van der Waals surface area contributed by atoms with Crippen LogP contribution in [0.3, 0.4) is 0 Å². The average molecular weight is 346 g/mol. The van der Waals surface area contributed by atoms with E-state index in [-0.39, 0.29) is 24.0 Å². The summed E-state index contributed by atoms with van der Waals surface area (Å²) in [7, 11) is -3.58. The van der Waals surface area contributed by atoms with Crippen LogP contribution in [0.25, 0.3) is 0 Å². The summed E-state index contributed by atoms with van der Waals surface area (Å²) < 4.78 is 28.1. The zero-order valence-corrected chi connectivity index (χ0v) is 13.8. The van der Waals surface area contributed by atoms with Gasteiger partial charge in [-0.25, -0.2) is 13.6 Å². The molecule has 1 fully saturated rings. The van der Waals surface area contributed by atoms with Crippen LogP contribution in [0.15, 0.2) is 54.6 Å². The minimum Gasteiger partial charge on any atom is -0.457 e. The van der Waals surface area contributed by atoms with Crippen molar-refractivity contribution in [3.05, 3.63) is 54.6 Å². The maximum atomic E-state index is 12.1. The Hall–Kier alpha value is -2.38. The van der Waals surface area contributed by atoms with Crippen molar-refractivity contribution in [2.75, 3.05) is 17.2 Å². The van der Waals surface area contributed by atoms with E-state index in [0.29, 0.717) is 12.3 Å². The normalized spacial score (nSPS) is 18.0. The van der Waals surface area contributed by atoms with Crippen LogP contribution in [0.2, 0.25) is 0 Å². The molecule has 1 atom stereocenters. The molecule has 2 aromatic rings. The Morgan fingerprint density at radius 3 is 2.29 bits per heavy atom. The van der Waals surface area contributed by atoms with Gasteiger partial charge >= 0.3 is 0 Å². The number of ether oxygens (including phenoxy) is 1. The Labute approximate surface area is 140 Å². The first-order valence-electron chi connectivity index (χ1n) is 7.54. The van der Waals surface area contributed by atoms with Gasteiger partial charge in [0, 0.05) is 24.6 Å². The zero-order chi connectivity index (χ0) is 17.2. The standard InChI is InChI=1S/C17H18N2O4S/c18-24(21,22)12-13-10-17(20)19(11-13)14-6-8-16(9-7-14)23-15-4-2-1-3-5-15/h1-9,13H,10-12H2,(H2,18,21,22). The number of nitrogens with zero attached hydrogens (tertiary/aromatic N) is 1. The highest BCUT2D eigenvalue weighted by molar-refractivity contribution is 7.89. The van der Waals surface area contributed by atoms with Gasteiger partial charge in [0.2, 0.25) is 15.9 Å². The van der Waals surface area contributed by atoms with Gasteiger partial charge < -0.3 is 9.64 Å². The molecule has 1 heterocycles. The molecule has 1 amide bonds. The number of anilines is 1. The highest BCUT2D eigenvalue weighted by Crippen LogP contribution is 2.28. The first kappa shape index (κ1) is 16.5. The molecule has 2 N–H and O–H groups in total. The summed E-state index contributed by atoms with van der Waals surface area (Å²) in [4.78, 5) is 13.7. The summed E-state index contributed by atoms with van der Waals surface area (Å²) in [5.74, 6) is 0.853. The first-order chi connectivity index (χ1) is 11.4. The largest absolute Gasteiger partial charge is 0.457 e. The molecule has 1 aliphatic rings. The van der Waals surface area contributed by atoms with Gasteiger partial charge in [0.25, 0.3) is 0 Å². The molecule has 6 nitrogen and oxygen atoms in total. The van der Waals surface area contributed by atoms with Crippen LogP contribution in [0.5, 0.6) is 11.5 Å². The van der Waals surface area contributed by atoms with Gasteiger partial charge in [-0.15, -0.1) is 0 Å². The van der Waals surface area contributed by atoms with Crippen molar-refractivity contribution < 1.29 is 17.9 Å². The summed E-state index contributed by atoms with van der Waals surface area (Å²) in [6.45, 7) is 0.355. The molecular formula is C17H18N2O4S. The molecule has 7 heteroatoms. The molecule has 126 valence electrons. The minimum atomic E-state index is -3.58. The van der Waals surface area contributed by atoms with Gasteiger partial charge in [0.1, 0.15) is 11.5 Å². The van der Waals surface area contributed by atoms with Crippen molar-refractivity contribution in [2.24, 2.45) is 11.1 Å². The third kappa shape index (κ3) is 4.12. The van der Waals surface area contributed by atoms with Crippen molar-refractivity contribution >= 4 is 21.6 Å². The van der Waals surface area contributed by atoms with Crippen LogP contribution >= 0.6 is 0 Å². The van der Waals surface area contributed by atoms with Crippen LogP contribution in [-0.4, -0.2) is 26.6 Å². The van der Waals surface area contributed by atoms with Crippen molar-refractivity contribution in [3.8, 4) is 11.5 Å². The van der Waals surface area contributed by atoms with Crippen molar-refractivity contribution in [1.82, 2.24) is 0 Å². The fourth-order valence-corrected chi connectivity index (χ4v) is 3.67. The third-order valence-electron chi connectivity index (χ3n) is 3.80. The van der Waals surface area contributed by atoms with Gasteiger partial charge in [-0.05, 0) is 36.4 Å². The minimum absolute atomic E-state index is 0.0969. The Bertz CT molecular complexity index is 819. The van der Waals surface area contributed by atoms with Crippen molar-refractivity contribution in [1.29, 1.82) is 0 Å². The van der Waals surface area contributed by atoms with Crippen LogP contribution in [0.4, 0.5) is 5.69 Å². The molecule has 1 saturated heterocycles. The fraction of sp³-hybridized carbons (Fsp3) is 0.235. The zero-order valence-electron chi connectivity index (χ0n) is 13.0. The monoisotopic (exact) mass is 346 g/mol. The number of sulfonamides is 1. The van der Waals surface area contributed by atoms with E-state index in [1.165, 1.54) is 0 Å². The van der Waals surface area contributed by atoms with E-state index in [1.807, 2.05) is 30.3 Å². The molecule has 1 unspecified atom stereocenters. The average Bonchev–Trinajstić information content (AvgIpc) is 2.87. The lowest BCUT2D eigenvalue weighted by molar-refractivity contribution is -0.117. The summed E-state index contributed by atoms with van der Waals surface area (Å²) >= 11 is 0. The second-order valence-corrected chi connectivity index (χ2v) is 7.47. The molecule has 0 aromatic heterocycles. The molecule has 24 heavy (non-hydrogen) atoms. The lowest BCUT2D eigenvalue weighted by atomic mass is 10.1. The summed E-state index contributed by atoms with van der Waals surface area (Å²) in [5.41, 5.74) is 0.720. The summed E-state index contributed by atoms with van der Waals surface area (Å²) in [6, 6.07) is 16.5. The molecule has 0 bridgehead atoms. The van der Waals surface area contributed by atoms with E-state index in [1.54, 1.807) is 29.2 Å². The van der Waals surface area contributed by atoms with Gasteiger partial charge in [-0.3, -0.25) is 4.79 Å². The van der Waals surface area contributed by atoms with Gasteiger partial charge in [0.05, 0.1) is 5.75 Å². The van der Waals surface area contributed by atoms with Crippen LogP contribution in [-0.2, 0) is 14.8 Å². The predicted octanol–water partition coefficient (Wildman–Crippen LogP) is 2.12. The smallest absolute Gasteiger partial charge is 0.227 e. The number of rotatable bonds is 5. The van der Waals surface area contributed by atoms with E-state index < -0.39 is 10.0 Å². The van der Waals surface area contributed by atoms with Crippen LogP contribution in [0.1, 0.15) is 6.42 Å². The Morgan fingerprint density at radius 2 is 1.67 bits per heavy atom. The van der Waals surface area contributed by atoms with Gasteiger partial charge in [-0.1, -0.05) is 18.2 Å². The lowest BCUT2D eigenvalue weighted by Gasteiger charge is -2.17. The highest BCUT2D eigenvalue weighted by Gasteiger charge is 2.32. The molecule has 3 rings (SSSR count). The maximum absolute atomic E-state index is 12.1. The Morgan fingerprint density at radius 1 is 1.04 bits per heavy atom. The Balaban J connectivity index is 1.68. The third-order valence-corrected chi connectivity index (χ3v) is 4.74. The van der Waals surface area contributed by atoms with Crippen LogP contribution in [0, 0.1) is 5.92 Å². The first-order valence-corrected chi connectivity index (χ1v) is 9.26. The molecular weight excluding hydrogens is 328 g/mol. The number of hydrogen-bond donors (Lipinski definition) is 1. The molecule has 2 aromatic carbocycles. The molecule has 0 aliphatic carbocycles. The van der Waals surface area contributed by atoms with E-state index in [9.17, 15) is 13.2 Å². The lowest BCUT2D eigenvalue weighted by Crippen LogP contribution is -2.27. The number of carbonyl (C=O) groups is 1. The number of nitrogens with two attached hydrogens (primary N) is 1. The highest BCUT2D eigenvalue weighted by atomic mass is 32.2. The summed E-state index contributed by atoms with van der Waals surface area (Å²) in [5, 5.41) is 5.06. The topological polar surface area (TPSA) is 89.7 Å². The van der Waals surface area contributed by atoms with E-state index in [4.69, 9.17) is 9.88 Å². The number of benzene rings is 2.